The highest BCUT2D eigenvalue weighted by Crippen LogP contribution is 2.43. The molecular weight excluding hydrogens is 596 g/mol. The number of H-pyrrole nitrogens is 2. The van der Waals surface area contributed by atoms with Crippen LogP contribution in [0.15, 0.2) is 71.0 Å². The van der Waals surface area contributed by atoms with Crippen LogP contribution in [0.4, 0.5) is 0 Å². The van der Waals surface area contributed by atoms with E-state index in [0.717, 1.165) is 0 Å². The lowest BCUT2D eigenvalue weighted by Crippen LogP contribution is -2.71. The maximum Gasteiger partial charge on any atom is 0.352 e. The minimum atomic E-state index is -1.25. The first-order chi connectivity index (χ1) is 20.7. The predicted octanol–water partition coefficient (Wildman–Crippen LogP) is 1.78. The monoisotopic (exact) mass is 620 g/mol. The number of hydrogen-bond acceptors (Lipinski definition) is 10. The van der Waals surface area contributed by atoms with Gasteiger partial charge in [-0.05, 0) is 42.3 Å². The fourth-order valence-electron chi connectivity index (χ4n) is 4.92. The molecule has 16 heteroatoms. The first kappa shape index (κ1) is 28.3. The van der Waals surface area contributed by atoms with Gasteiger partial charge in [0.05, 0.1) is 17.2 Å². The number of fused-ring (bicyclic) bond motifs is 2. The van der Waals surface area contributed by atoms with Gasteiger partial charge in [-0.1, -0.05) is 41.2 Å². The van der Waals surface area contributed by atoms with E-state index in [4.69, 9.17) is 0 Å². The van der Waals surface area contributed by atoms with E-state index >= 15 is 0 Å². The maximum atomic E-state index is 13.6. The van der Waals surface area contributed by atoms with Crippen molar-refractivity contribution < 1.29 is 29.4 Å². The van der Waals surface area contributed by atoms with Crippen molar-refractivity contribution in [2.45, 2.75) is 34.7 Å². The second-order valence-electron chi connectivity index (χ2n) is 9.76. The number of benzene rings is 2. The molecule has 0 radical (unpaired) electrons. The van der Waals surface area contributed by atoms with Gasteiger partial charge in [-0.2, -0.15) is 0 Å². The number of carboxylic acids is 1. The largest absolute Gasteiger partial charge is 0.508 e. The van der Waals surface area contributed by atoms with Crippen LogP contribution in [0.1, 0.15) is 29.1 Å². The molecule has 14 nitrogen and oxygen atoms in total. The second kappa shape index (κ2) is 11.4. The van der Waals surface area contributed by atoms with Crippen molar-refractivity contribution in [1.29, 1.82) is 0 Å². The summed E-state index contributed by atoms with van der Waals surface area (Å²) in [6, 6.07) is 10.5. The van der Waals surface area contributed by atoms with Crippen LogP contribution in [0.5, 0.6) is 5.75 Å². The smallest absolute Gasteiger partial charge is 0.352 e. The molecule has 3 amide bonds. The van der Waals surface area contributed by atoms with Crippen LogP contribution in [0.2, 0.25) is 0 Å². The molecule has 2 aliphatic rings. The maximum absolute atomic E-state index is 13.6. The van der Waals surface area contributed by atoms with E-state index in [1.54, 1.807) is 24.3 Å². The third kappa shape index (κ3) is 5.41. The van der Waals surface area contributed by atoms with Gasteiger partial charge in [0.25, 0.3) is 11.8 Å². The first-order valence-electron chi connectivity index (χ1n) is 13.0. The van der Waals surface area contributed by atoms with Crippen molar-refractivity contribution in [1.82, 2.24) is 40.9 Å². The van der Waals surface area contributed by atoms with Gasteiger partial charge in [-0.3, -0.25) is 24.4 Å². The number of aromatic amines is 2. The lowest BCUT2D eigenvalue weighted by atomic mass is 10.00. The Balaban J connectivity index is 1.21. The molecule has 4 aromatic rings. The number of rotatable bonds is 9. The average molecular weight is 621 g/mol. The summed E-state index contributed by atoms with van der Waals surface area (Å²) >= 11 is 2.68. The molecule has 4 atom stereocenters. The Kier molecular flexibility index (Phi) is 7.53. The fraction of sp³-hybridized carbons (Fsp3) is 0.222. The third-order valence-electron chi connectivity index (χ3n) is 7.05. The summed E-state index contributed by atoms with van der Waals surface area (Å²) in [5.74, 6) is -2.87. The summed E-state index contributed by atoms with van der Waals surface area (Å²) in [6.45, 7) is 1.83. The van der Waals surface area contributed by atoms with Crippen LogP contribution in [-0.2, 0) is 14.4 Å². The summed E-state index contributed by atoms with van der Waals surface area (Å²) < 4.78 is 0. The normalized spacial score (nSPS) is 19.4. The minimum Gasteiger partial charge on any atom is -0.508 e. The van der Waals surface area contributed by atoms with Gasteiger partial charge in [0, 0.05) is 11.0 Å². The van der Waals surface area contributed by atoms with Crippen LogP contribution in [0.25, 0.3) is 11.0 Å². The Morgan fingerprint density at radius 3 is 2.63 bits per heavy atom. The van der Waals surface area contributed by atoms with Gasteiger partial charge in [0.1, 0.15) is 33.9 Å². The molecule has 0 saturated carbocycles. The Morgan fingerprint density at radius 2 is 1.93 bits per heavy atom. The van der Waals surface area contributed by atoms with Crippen molar-refractivity contribution >= 4 is 58.2 Å². The molecular formula is C27H24N8O6S2. The molecule has 1 saturated heterocycles. The van der Waals surface area contributed by atoms with Crippen LogP contribution < -0.4 is 10.6 Å². The summed E-state index contributed by atoms with van der Waals surface area (Å²) in [4.78, 5) is 60.8. The van der Waals surface area contributed by atoms with Crippen LogP contribution in [-0.4, -0.2) is 86.6 Å². The second-order valence-corrected chi connectivity index (χ2v) is 12.2. The summed E-state index contributed by atoms with van der Waals surface area (Å²) in [7, 11) is 0. The number of aliphatic carboxylic acids is 1. The SMILES string of the molecule is CC(Sc1cnn[nH]1)C1=C(C(=O)O)N2C(=O)C(NC(=O)C(NC(=O)c3nc4ccccc4[nH]3)c3ccc(O)cc3)[C@@H]2SC1. The molecule has 2 aromatic heterocycles. The van der Waals surface area contributed by atoms with Gasteiger partial charge in [-0.15, -0.1) is 16.9 Å². The van der Waals surface area contributed by atoms with Crippen LogP contribution in [0, 0.1) is 0 Å². The summed E-state index contributed by atoms with van der Waals surface area (Å²) in [5.41, 5.74) is 2.02. The zero-order valence-electron chi connectivity index (χ0n) is 22.3. The zero-order chi connectivity index (χ0) is 30.2. The van der Waals surface area contributed by atoms with E-state index in [9.17, 15) is 29.4 Å². The summed E-state index contributed by atoms with van der Waals surface area (Å²) in [6.07, 6.45) is 1.53. The number of aromatic nitrogens is 5. The van der Waals surface area contributed by atoms with Crippen molar-refractivity contribution in [2.24, 2.45) is 0 Å². The van der Waals surface area contributed by atoms with Gasteiger partial charge < -0.3 is 25.8 Å². The Labute approximate surface area is 251 Å². The number of thioether (sulfide) groups is 2. The molecule has 2 aliphatic heterocycles. The van der Waals surface area contributed by atoms with Crippen molar-refractivity contribution in [2.75, 3.05) is 5.75 Å². The molecule has 2 aromatic carbocycles. The van der Waals surface area contributed by atoms with Crippen LogP contribution >= 0.6 is 23.5 Å². The number of phenols is 1. The lowest BCUT2D eigenvalue weighted by Gasteiger charge is -2.50. The number of phenolic OH excluding ortho intramolecular Hbond substituents is 1. The van der Waals surface area contributed by atoms with E-state index in [-0.39, 0.29) is 22.5 Å². The molecule has 0 spiro atoms. The molecule has 220 valence electrons. The van der Waals surface area contributed by atoms with E-state index in [1.165, 1.54) is 58.9 Å². The quantitative estimate of drug-likeness (QED) is 0.117. The number of carbonyl (C=O) groups excluding carboxylic acids is 3. The molecule has 1 fully saturated rings. The van der Waals surface area contributed by atoms with Gasteiger partial charge in [0.2, 0.25) is 5.91 Å². The standard InChI is InChI=1S/C27H24N8O6S2/c1-12(43-18-10-28-34-33-18)15-11-42-26-20(25(39)35(26)21(15)27(40)41)32-23(37)19(13-6-8-14(36)9-7-13)31-24(38)22-29-16-4-2-3-5-17(16)30-22/h2-10,12,19-20,26,36H,11H2,1H3,(H,29,30)(H,31,38)(H,32,37)(H,40,41)(H,28,33,34)/t12?,19?,20?,26-/m0/s1. The van der Waals surface area contributed by atoms with E-state index in [0.29, 0.717) is 32.9 Å². The van der Waals surface area contributed by atoms with E-state index < -0.39 is 41.1 Å². The van der Waals surface area contributed by atoms with Gasteiger partial charge in [0.15, 0.2) is 5.82 Å². The van der Waals surface area contributed by atoms with Gasteiger partial charge >= 0.3 is 5.97 Å². The zero-order valence-corrected chi connectivity index (χ0v) is 24.0. The minimum absolute atomic E-state index is 0.00632. The number of β-lactam (4-membered cyclic amide) rings is 1. The Bertz CT molecular complexity index is 1720. The fourth-order valence-corrected chi connectivity index (χ4v) is 7.42. The molecule has 0 bridgehead atoms. The number of nitrogens with zero attached hydrogens (tertiary/aromatic N) is 4. The number of hydrogen-bond donors (Lipinski definition) is 6. The third-order valence-corrected chi connectivity index (χ3v) is 9.44. The Morgan fingerprint density at radius 1 is 1.16 bits per heavy atom. The van der Waals surface area contributed by atoms with Crippen molar-refractivity contribution in [3.8, 4) is 5.75 Å². The number of para-hydroxylation sites is 2. The van der Waals surface area contributed by atoms with Crippen molar-refractivity contribution in [3.05, 3.63) is 77.4 Å². The first-order valence-corrected chi connectivity index (χ1v) is 14.9. The predicted molar refractivity (Wildman–Crippen MR) is 156 cm³/mol. The number of carbonyl (C=O) groups is 4. The molecule has 43 heavy (non-hydrogen) atoms. The molecule has 6 rings (SSSR count). The van der Waals surface area contributed by atoms with Crippen molar-refractivity contribution in [3.63, 3.8) is 0 Å². The number of nitrogens with one attached hydrogen (secondary N) is 4. The summed E-state index contributed by atoms with van der Waals surface area (Å²) in [5, 5.41) is 35.0. The molecule has 4 heterocycles. The van der Waals surface area contributed by atoms with Crippen LogP contribution in [0.3, 0.4) is 0 Å². The molecule has 0 aliphatic carbocycles. The molecule has 6 N–H and O–H groups in total. The highest BCUT2D eigenvalue weighted by atomic mass is 32.2. The number of aromatic hydroxyl groups is 1. The lowest BCUT2D eigenvalue weighted by molar-refractivity contribution is -0.151. The number of imidazole rings is 1. The van der Waals surface area contributed by atoms with E-state index in [2.05, 4.69) is 36.0 Å². The number of amides is 3. The highest BCUT2D eigenvalue weighted by molar-refractivity contribution is 8.01. The Hall–Kier alpha value is -4.83. The topological polar surface area (TPSA) is 206 Å². The van der Waals surface area contributed by atoms with Gasteiger partial charge in [-0.25, -0.2) is 9.78 Å². The average Bonchev–Trinajstić information content (AvgIpc) is 3.68. The highest BCUT2D eigenvalue weighted by Gasteiger charge is 2.55. The number of carboxylic acid groups (broad SMARTS) is 1. The molecule has 3 unspecified atom stereocenters. The van der Waals surface area contributed by atoms with E-state index in [1.807, 2.05) is 6.92 Å².